The maximum absolute atomic E-state index is 12.9. The first-order valence-electron chi connectivity index (χ1n) is 5.06. The summed E-state index contributed by atoms with van der Waals surface area (Å²) < 4.78 is 44.3. The standard InChI is InChI=1S/C12H9BrF3NO/c1-6-10(18-2)7-4-3-5-8(13)9(7)17-11(6)12(14,15)16/h3-5H,1-2H3. The van der Waals surface area contributed by atoms with Gasteiger partial charge in [-0.25, -0.2) is 4.98 Å². The van der Waals surface area contributed by atoms with E-state index in [2.05, 4.69) is 20.9 Å². The highest BCUT2D eigenvalue weighted by Crippen LogP contribution is 2.39. The zero-order valence-electron chi connectivity index (χ0n) is 9.60. The fourth-order valence-electron chi connectivity index (χ4n) is 1.86. The minimum Gasteiger partial charge on any atom is -0.496 e. The Morgan fingerprint density at radius 1 is 1.28 bits per heavy atom. The number of hydrogen-bond acceptors (Lipinski definition) is 2. The van der Waals surface area contributed by atoms with Crippen molar-refractivity contribution in [3.05, 3.63) is 33.9 Å². The van der Waals surface area contributed by atoms with Crippen LogP contribution in [0, 0.1) is 6.92 Å². The molecular formula is C12H9BrF3NO. The van der Waals surface area contributed by atoms with Crippen LogP contribution in [0.5, 0.6) is 5.75 Å². The summed E-state index contributed by atoms with van der Waals surface area (Å²) in [5.74, 6) is 0.202. The molecule has 0 aliphatic heterocycles. The fourth-order valence-corrected chi connectivity index (χ4v) is 2.31. The van der Waals surface area contributed by atoms with E-state index >= 15 is 0 Å². The van der Waals surface area contributed by atoms with Gasteiger partial charge in [-0.15, -0.1) is 0 Å². The SMILES string of the molecule is COc1c(C)c(C(F)(F)F)nc2c(Br)cccc12. The molecule has 6 heteroatoms. The van der Waals surface area contributed by atoms with Crippen LogP contribution in [0.4, 0.5) is 13.2 Å². The molecule has 0 saturated carbocycles. The van der Waals surface area contributed by atoms with Gasteiger partial charge >= 0.3 is 6.18 Å². The molecule has 0 spiro atoms. The van der Waals surface area contributed by atoms with Crippen molar-refractivity contribution in [2.75, 3.05) is 7.11 Å². The third-order valence-corrected chi connectivity index (χ3v) is 3.26. The van der Waals surface area contributed by atoms with Crippen molar-refractivity contribution in [2.45, 2.75) is 13.1 Å². The molecule has 0 saturated heterocycles. The second-order valence-electron chi connectivity index (χ2n) is 3.75. The van der Waals surface area contributed by atoms with E-state index in [0.29, 0.717) is 9.86 Å². The molecule has 2 rings (SSSR count). The molecule has 1 heterocycles. The van der Waals surface area contributed by atoms with Crippen molar-refractivity contribution in [3.63, 3.8) is 0 Å². The first-order chi connectivity index (χ1) is 8.36. The molecule has 2 aromatic rings. The van der Waals surface area contributed by atoms with Crippen LogP contribution in [0.25, 0.3) is 10.9 Å². The van der Waals surface area contributed by atoms with E-state index in [9.17, 15) is 13.2 Å². The monoisotopic (exact) mass is 319 g/mol. The second kappa shape index (κ2) is 4.42. The molecule has 0 atom stereocenters. The van der Waals surface area contributed by atoms with Gasteiger partial charge in [0.1, 0.15) is 5.75 Å². The number of rotatable bonds is 1. The quantitative estimate of drug-likeness (QED) is 0.780. The van der Waals surface area contributed by atoms with Gasteiger partial charge in [0.2, 0.25) is 0 Å². The topological polar surface area (TPSA) is 22.1 Å². The van der Waals surface area contributed by atoms with Gasteiger partial charge in [-0.1, -0.05) is 6.07 Å². The van der Waals surface area contributed by atoms with Crippen LogP contribution in [-0.2, 0) is 6.18 Å². The van der Waals surface area contributed by atoms with Gasteiger partial charge in [0.15, 0.2) is 5.69 Å². The normalized spacial score (nSPS) is 11.9. The number of aromatic nitrogens is 1. The van der Waals surface area contributed by atoms with Crippen molar-refractivity contribution in [1.29, 1.82) is 0 Å². The number of methoxy groups -OCH3 is 1. The molecule has 0 aliphatic carbocycles. The van der Waals surface area contributed by atoms with Gasteiger partial charge in [0.25, 0.3) is 0 Å². The Balaban J connectivity index is 2.92. The molecular weight excluding hydrogens is 311 g/mol. The fraction of sp³-hybridized carbons (Fsp3) is 0.250. The number of benzene rings is 1. The summed E-state index contributed by atoms with van der Waals surface area (Å²) >= 11 is 3.20. The van der Waals surface area contributed by atoms with Gasteiger partial charge < -0.3 is 4.74 Å². The average Bonchev–Trinajstić information content (AvgIpc) is 2.27. The van der Waals surface area contributed by atoms with Crippen molar-refractivity contribution < 1.29 is 17.9 Å². The maximum atomic E-state index is 12.9. The van der Waals surface area contributed by atoms with E-state index < -0.39 is 11.9 Å². The lowest BCUT2D eigenvalue weighted by Crippen LogP contribution is -2.12. The Bertz CT molecular complexity index is 610. The Hall–Kier alpha value is -1.30. The summed E-state index contributed by atoms with van der Waals surface area (Å²) in [4.78, 5) is 3.70. The maximum Gasteiger partial charge on any atom is 0.433 e. The lowest BCUT2D eigenvalue weighted by molar-refractivity contribution is -0.141. The van der Waals surface area contributed by atoms with E-state index in [4.69, 9.17) is 4.74 Å². The van der Waals surface area contributed by atoms with Crippen LogP contribution in [0.15, 0.2) is 22.7 Å². The first-order valence-corrected chi connectivity index (χ1v) is 5.85. The highest BCUT2D eigenvalue weighted by molar-refractivity contribution is 9.10. The average molecular weight is 320 g/mol. The molecule has 1 aromatic carbocycles. The predicted molar refractivity (Wildman–Crippen MR) is 65.7 cm³/mol. The summed E-state index contributed by atoms with van der Waals surface area (Å²) in [6.07, 6.45) is -4.50. The molecule has 0 amide bonds. The number of fused-ring (bicyclic) bond motifs is 1. The molecule has 0 bridgehead atoms. The van der Waals surface area contributed by atoms with E-state index in [0.717, 1.165) is 0 Å². The van der Waals surface area contributed by atoms with Crippen LogP contribution >= 0.6 is 15.9 Å². The largest absolute Gasteiger partial charge is 0.496 e. The van der Waals surface area contributed by atoms with Crippen LogP contribution in [0.3, 0.4) is 0 Å². The lowest BCUT2D eigenvalue weighted by Gasteiger charge is -2.15. The van der Waals surface area contributed by atoms with Gasteiger partial charge in [-0.3, -0.25) is 0 Å². The van der Waals surface area contributed by atoms with Gasteiger partial charge in [-0.05, 0) is 35.0 Å². The van der Waals surface area contributed by atoms with E-state index in [1.165, 1.54) is 14.0 Å². The molecule has 0 aliphatic rings. The number of pyridine rings is 1. The number of hydrogen-bond donors (Lipinski definition) is 0. The smallest absolute Gasteiger partial charge is 0.433 e. The van der Waals surface area contributed by atoms with Crippen molar-refractivity contribution in [2.24, 2.45) is 0 Å². The zero-order valence-corrected chi connectivity index (χ0v) is 11.2. The summed E-state index contributed by atoms with van der Waals surface area (Å²) in [6.45, 7) is 1.36. The van der Waals surface area contributed by atoms with E-state index in [-0.39, 0.29) is 16.8 Å². The number of halogens is 4. The Labute approximate surface area is 110 Å². The van der Waals surface area contributed by atoms with Crippen LogP contribution in [0.2, 0.25) is 0 Å². The number of ether oxygens (including phenoxy) is 1. The summed E-state index contributed by atoms with van der Waals surface area (Å²) in [6, 6.07) is 5.05. The molecule has 0 fully saturated rings. The van der Waals surface area contributed by atoms with E-state index in [1.54, 1.807) is 18.2 Å². The number of nitrogens with zero attached hydrogens (tertiary/aromatic N) is 1. The van der Waals surface area contributed by atoms with Crippen LogP contribution < -0.4 is 4.74 Å². The second-order valence-corrected chi connectivity index (χ2v) is 4.61. The Morgan fingerprint density at radius 2 is 1.94 bits per heavy atom. The molecule has 1 aromatic heterocycles. The molecule has 2 nitrogen and oxygen atoms in total. The summed E-state index contributed by atoms with van der Waals surface area (Å²) in [7, 11) is 1.35. The third kappa shape index (κ3) is 2.05. The minimum absolute atomic E-state index is 0.00407. The zero-order chi connectivity index (χ0) is 13.5. The highest BCUT2D eigenvalue weighted by Gasteiger charge is 2.36. The summed E-state index contributed by atoms with van der Waals surface area (Å²) in [5.41, 5.74) is -0.679. The Kier molecular flexibility index (Phi) is 3.23. The Morgan fingerprint density at radius 3 is 2.50 bits per heavy atom. The predicted octanol–water partition coefficient (Wildman–Crippen LogP) is 4.33. The highest BCUT2D eigenvalue weighted by atomic mass is 79.9. The molecule has 96 valence electrons. The van der Waals surface area contributed by atoms with Crippen molar-refractivity contribution >= 4 is 26.8 Å². The first kappa shape index (κ1) is 13.1. The minimum atomic E-state index is -4.50. The number of para-hydroxylation sites is 1. The van der Waals surface area contributed by atoms with E-state index in [1.807, 2.05) is 0 Å². The molecule has 0 radical (unpaired) electrons. The lowest BCUT2D eigenvalue weighted by atomic mass is 10.1. The third-order valence-electron chi connectivity index (χ3n) is 2.62. The molecule has 18 heavy (non-hydrogen) atoms. The van der Waals surface area contributed by atoms with Gasteiger partial charge in [0.05, 0.1) is 12.6 Å². The summed E-state index contributed by atoms with van der Waals surface area (Å²) in [5, 5.41) is 0.553. The molecule has 0 unspecified atom stereocenters. The van der Waals surface area contributed by atoms with Crippen molar-refractivity contribution in [3.8, 4) is 5.75 Å². The van der Waals surface area contributed by atoms with Crippen molar-refractivity contribution in [1.82, 2.24) is 4.98 Å². The number of alkyl halides is 3. The van der Waals surface area contributed by atoms with Crippen LogP contribution in [0.1, 0.15) is 11.3 Å². The molecule has 0 N–H and O–H groups in total. The van der Waals surface area contributed by atoms with Gasteiger partial charge in [0, 0.05) is 15.4 Å². The van der Waals surface area contributed by atoms with Crippen LogP contribution in [-0.4, -0.2) is 12.1 Å². The van der Waals surface area contributed by atoms with Gasteiger partial charge in [-0.2, -0.15) is 13.2 Å².